The van der Waals surface area contributed by atoms with Crippen LogP contribution in [0.15, 0.2) is 11.6 Å². The fourth-order valence-corrected chi connectivity index (χ4v) is 1.06. The first-order valence-electron chi connectivity index (χ1n) is 4.11. The number of hydrogen-bond acceptors (Lipinski definition) is 1. The van der Waals surface area contributed by atoms with Crippen LogP contribution in [-0.2, 0) is 0 Å². The Hall–Kier alpha value is -0.300. The van der Waals surface area contributed by atoms with E-state index in [9.17, 15) is 0 Å². The molecule has 0 saturated heterocycles. The topological polar surface area (TPSA) is 26.0 Å². The van der Waals surface area contributed by atoms with Crippen LogP contribution in [-0.4, -0.2) is 6.54 Å². The third kappa shape index (κ3) is 3.67. The van der Waals surface area contributed by atoms with Gasteiger partial charge in [0, 0.05) is 0 Å². The quantitative estimate of drug-likeness (QED) is 0.597. The van der Waals surface area contributed by atoms with Crippen molar-refractivity contribution in [1.29, 1.82) is 0 Å². The lowest BCUT2D eigenvalue weighted by molar-refractivity contribution is 0.723. The molecule has 0 radical (unpaired) electrons. The molecule has 1 nitrogen and oxygen atoms in total. The highest BCUT2D eigenvalue weighted by molar-refractivity contribution is 5.03. The summed E-state index contributed by atoms with van der Waals surface area (Å²) in [5, 5.41) is 0. The van der Waals surface area contributed by atoms with E-state index in [0.29, 0.717) is 5.92 Å². The normalized spacial score (nSPS) is 12.7. The van der Waals surface area contributed by atoms with Crippen molar-refractivity contribution in [1.82, 2.24) is 0 Å². The lowest BCUT2D eigenvalue weighted by Crippen LogP contribution is -1.98. The molecular formula is C9H19N. The standard InChI is InChI=1S/C9H19N/c1-4-9(8(2)3)6-5-7-10/h6,8H,4-5,7,10H2,1-3H3. The van der Waals surface area contributed by atoms with E-state index in [4.69, 9.17) is 5.73 Å². The first-order valence-corrected chi connectivity index (χ1v) is 4.11. The van der Waals surface area contributed by atoms with Crippen molar-refractivity contribution in [2.24, 2.45) is 11.7 Å². The van der Waals surface area contributed by atoms with Crippen molar-refractivity contribution >= 4 is 0 Å². The summed E-state index contributed by atoms with van der Waals surface area (Å²) < 4.78 is 0. The van der Waals surface area contributed by atoms with E-state index < -0.39 is 0 Å². The molecule has 10 heavy (non-hydrogen) atoms. The van der Waals surface area contributed by atoms with E-state index in [2.05, 4.69) is 26.8 Å². The summed E-state index contributed by atoms with van der Waals surface area (Å²) in [5.74, 6) is 0.691. The Morgan fingerprint density at radius 2 is 2.10 bits per heavy atom. The average molecular weight is 141 g/mol. The Morgan fingerprint density at radius 3 is 2.40 bits per heavy atom. The molecule has 0 spiro atoms. The molecule has 0 unspecified atom stereocenters. The van der Waals surface area contributed by atoms with Gasteiger partial charge in [-0.2, -0.15) is 0 Å². The molecule has 1 heteroatoms. The second-order valence-electron chi connectivity index (χ2n) is 2.86. The zero-order chi connectivity index (χ0) is 7.98. The highest BCUT2D eigenvalue weighted by Gasteiger charge is 1.97. The van der Waals surface area contributed by atoms with Crippen LogP contribution < -0.4 is 5.73 Å². The van der Waals surface area contributed by atoms with Gasteiger partial charge in [0.15, 0.2) is 0 Å². The van der Waals surface area contributed by atoms with Crippen molar-refractivity contribution in [3.05, 3.63) is 11.6 Å². The van der Waals surface area contributed by atoms with Crippen LogP contribution in [0.3, 0.4) is 0 Å². The van der Waals surface area contributed by atoms with Crippen molar-refractivity contribution in [2.45, 2.75) is 33.6 Å². The minimum Gasteiger partial charge on any atom is -0.330 e. The van der Waals surface area contributed by atoms with Gasteiger partial charge in [-0.05, 0) is 25.3 Å². The van der Waals surface area contributed by atoms with E-state index in [1.54, 1.807) is 0 Å². The molecule has 60 valence electrons. The average Bonchev–Trinajstić information content (AvgIpc) is 1.89. The Bertz CT molecular complexity index is 103. The van der Waals surface area contributed by atoms with Gasteiger partial charge in [-0.15, -0.1) is 0 Å². The highest BCUT2D eigenvalue weighted by atomic mass is 14.5. The molecule has 0 bridgehead atoms. The van der Waals surface area contributed by atoms with Crippen LogP contribution in [0.4, 0.5) is 0 Å². The second kappa shape index (κ2) is 5.48. The Balaban J connectivity index is 3.79. The predicted octanol–water partition coefficient (Wildman–Crippen LogP) is 2.33. The molecule has 0 aliphatic rings. The van der Waals surface area contributed by atoms with Crippen LogP contribution in [0.25, 0.3) is 0 Å². The third-order valence-electron chi connectivity index (χ3n) is 1.72. The summed E-state index contributed by atoms with van der Waals surface area (Å²) in [7, 11) is 0. The molecular weight excluding hydrogens is 122 g/mol. The monoisotopic (exact) mass is 141 g/mol. The number of allylic oxidation sites excluding steroid dienone is 1. The summed E-state index contributed by atoms with van der Waals surface area (Å²) in [4.78, 5) is 0. The molecule has 0 aromatic heterocycles. The molecule has 0 saturated carbocycles. The van der Waals surface area contributed by atoms with Crippen molar-refractivity contribution < 1.29 is 0 Å². The predicted molar refractivity (Wildman–Crippen MR) is 46.9 cm³/mol. The van der Waals surface area contributed by atoms with Gasteiger partial charge in [-0.1, -0.05) is 32.4 Å². The lowest BCUT2D eigenvalue weighted by Gasteiger charge is -2.07. The summed E-state index contributed by atoms with van der Waals surface area (Å²) in [6.07, 6.45) is 4.46. The van der Waals surface area contributed by atoms with E-state index in [1.165, 1.54) is 5.57 Å². The maximum absolute atomic E-state index is 5.39. The molecule has 0 aromatic carbocycles. The minimum atomic E-state index is 0.691. The molecule has 2 N–H and O–H groups in total. The molecule has 0 rings (SSSR count). The van der Waals surface area contributed by atoms with Crippen molar-refractivity contribution in [3.8, 4) is 0 Å². The maximum Gasteiger partial charge on any atom is -0.00425 e. The van der Waals surface area contributed by atoms with Crippen LogP contribution in [0.5, 0.6) is 0 Å². The van der Waals surface area contributed by atoms with Crippen LogP contribution in [0.1, 0.15) is 33.6 Å². The highest BCUT2D eigenvalue weighted by Crippen LogP contribution is 2.13. The molecule has 0 heterocycles. The summed E-state index contributed by atoms with van der Waals surface area (Å²) >= 11 is 0. The van der Waals surface area contributed by atoms with Gasteiger partial charge >= 0.3 is 0 Å². The Labute approximate surface area is 64.3 Å². The SMILES string of the molecule is CCC(=CCCN)C(C)C. The molecule has 0 aliphatic carbocycles. The summed E-state index contributed by atoms with van der Waals surface area (Å²) in [6.45, 7) is 7.43. The van der Waals surface area contributed by atoms with Gasteiger partial charge in [0.2, 0.25) is 0 Å². The lowest BCUT2D eigenvalue weighted by atomic mass is 10.00. The van der Waals surface area contributed by atoms with Crippen LogP contribution in [0, 0.1) is 5.92 Å². The van der Waals surface area contributed by atoms with E-state index in [0.717, 1.165) is 19.4 Å². The van der Waals surface area contributed by atoms with Crippen molar-refractivity contribution in [3.63, 3.8) is 0 Å². The first-order chi connectivity index (χ1) is 4.72. The smallest absolute Gasteiger partial charge is 0.00425 e. The van der Waals surface area contributed by atoms with Crippen LogP contribution in [0.2, 0.25) is 0 Å². The Morgan fingerprint density at radius 1 is 1.50 bits per heavy atom. The largest absolute Gasteiger partial charge is 0.330 e. The van der Waals surface area contributed by atoms with Crippen molar-refractivity contribution in [2.75, 3.05) is 6.54 Å². The van der Waals surface area contributed by atoms with Gasteiger partial charge in [-0.25, -0.2) is 0 Å². The minimum absolute atomic E-state index is 0.691. The Kier molecular flexibility index (Phi) is 5.32. The molecule has 0 fully saturated rings. The zero-order valence-corrected chi connectivity index (χ0v) is 7.35. The molecule has 0 aromatic rings. The van der Waals surface area contributed by atoms with Gasteiger partial charge < -0.3 is 5.73 Å². The third-order valence-corrected chi connectivity index (χ3v) is 1.72. The van der Waals surface area contributed by atoms with Crippen LogP contribution >= 0.6 is 0 Å². The number of nitrogens with two attached hydrogens (primary N) is 1. The first kappa shape index (κ1) is 9.70. The zero-order valence-electron chi connectivity index (χ0n) is 7.35. The van der Waals surface area contributed by atoms with Gasteiger partial charge in [0.1, 0.15) is 0 Å². The molecule has 0 aliphatic heterocycles. The summed E-state index contributed by atoms with van der Waals surface area (Å²) in [6, 6.07) is 0. The fraction of sp³-hybridized carbons (Fsp3) is 0.778. The number of hydrogen-bond donors (Lipinski definition) is 1. The summed E-state index contributed by atoms with van der Waals surface area (Å²) in [5.41, 5.74) is 6.92. The van der Waals surface area contributed by atoms with Gasteiger partial charge in [0.25, 0.3) is 0 Å². The number of rotatable bonds is 4. The van der Waals surface area contributed by atoms with Gasteiger partial charge in [-0.3, -0.25) is 0 Å². The van der Waals surface area contributed by atoms with Gasteiger partial charge in [0.05, 0.1) is 0 Å². The second-order valence-corrected chi connectivity index (χ2v) is 2.86. The van der Waals surface area contributed by atoms with E-state index >= 15 is 0 Å². The van der Waals surface area contributed by atoms with E-state index in [-0.39, 0.29) is 0 Å². The molecule has 0 amide bonds. The fourth-order valence-electron chi connectivity index (χ4n) is 1.06. The molecule has 0 atom stereocenters. The maximum atomic E-state index is 5.39. The van der Waals surface area contributed by atoms with E-state index in [1.807, 2.05) is 0 Å².